The molecule has 0 radical (unpaired) electrons. The highest BCUT2D eigenvalue weighted by molar-refractivity contribution is 5.94. The number of aromatic nitrogens is 1. The topological polar surface area (TPSA) is 65.8 Å². The molecular weight excluding hydrogens is 418 g/mol. The Labute approximate surface area is 201 Å². The first-order chi connectivity index (χ1) is 16.4. The fourth-order valence-electron chi connectivity index (χ4n) is 6.29. The summed E-state index contributed by atoms with van der Waals surface area (Å²) in [4.78, 5) is 17.4. The van der Waals surface area contributed by atoms with Crippen molar-refractivity contribution in [3.63, 3.8) is 0 Å². The second kappa shape index (κ2) is 8.72. The Balaban J connectivity index is 1.27. The first-order valence-electron chi connectivity index (χ1n) is 12.2. The van der Waals surface area contributed by atoms with Crippen LogP contribution in [0.1, 0.15) is 72.5 Å². The number of rotatable bonds is 5. The highest BCUT2D eigenvalue weighted by atomic mass is 16.1. The first kappa shape index (κ1) is 22.3. The van der Waals surface area contributed by atoms with Crippen molar-refractivity contribution in [2.75, 3.05) is 0 Å². The number of hydrogen-bond acceptors (Lipinski definition) is 3. The molecule has 0 aliphatic heterocycles. The average molecular weight is 450 g/mol. The monoisotopic (exact) mass is 449 g/mol. The molecule has 34 heavy (non-hydrogen) atoms. The number of carbonyl (C=O) groups excluding carboxylic acids is 1. The molecule has 2 aliphatic carbocycles. The van der Waals surface area contributed by atoms with Crippen LogP contribution in [0.15, 0.2) is 61.3 Å². The summed E-state index contributed by atoms with van der Waals surface area (Å²) in [6.07, 6.45) is 8.57. The fraction of sp³-hybridized carbons (Fsp3) is 0.367. The standard InChI is InChI=1S/C30H31N3O/c1-4-19-7-10-28-27(13-19)26(11-12-32-28)24-14-22-16-25(17-23(22)15-24)30(2,3)33-29(34)21-8-5-20(18-31)6-9-21/h4-13,22-25H,1,14-17H2,2-3H3,(H,33,34). The second-order valence-electron chi connectivity index (χ2n) is 10.6. The fourth-order valence-corrected chi connectivity index (χ4v) is 6.29. The predicted molar refractivity (Wildman–Crippen MR) is 136 cm³/mol. The molecule has 0 saturated heterocycles. The van der Waals surface area contributed by atoms with Crippen LogP contribution in [0.25, 0.3) is 17.0 Å². The summed E-state index contributed by atoms with van der Waals surface area (Å²) in [7, 11) is 0. The van der Waals surface area contributed by atoms with Crippen LogP contribution in [0.5, 0.6) is 0 Å². The Bertz CT molecular complexity index is 1270. The van der Waals surface area contributed by atoms with E-state index < -0.39 is 0 Å². The number of pyridine rings is 1. The molecule has 2 saturated carbocycles. The molecule has 1 aromatic heterocycles. The van der Waals surface area contributed by atoms with Crippen LogP contribution in [0, 0.1) is 29.1 Å². The quantitative estimate of drug-likeness (QED) is 0.485. The largest absolute Gasteiger partial charge is 0.347 e. The van der Waals surface area contributed by atoms with Gasteiger partial charge >= 0.3 is 0 Å². The molecule has 2 aromatic carbocycles. The molecule has 2 unspecified atom stereocenters. The Hall–Kier alpha value is -3.45. The van der Waals surface area contributed by atoms with E-state index in [4.69, 9.17) is 5.26 Å². The maximum Gasteiger partial charge on any atom is 0.251 e. The van der Waals surface area contributed by atoms with E-state index in [2.05, 4.69) is 61.1 Å². The summed E-state index contributed by atoms with van der Waals surface area (Å²) in [6, 6.07) is 17.6. The normalized spacial score (nSPS) is 23.9. The van der Waals surface area contributed by atoms with E-state index >= 15 is 0 Å². The molecule has 1 N–H and O–H groups in total. The van der Waals surface area contributed by atoms with Gasteiger partial charge in [0.05, 0.1) is 17.1 Å². The summed E-state index contributed by atoms with van der Waals surface area (Å²) >= 11 is 0. The van der Waals surface area contributed by atoms with Gasteiger partial charge in [-0.15, -0.1) is 0 Å². The van der Waals surface area contributed by atoms with Crippen molar-refractivity contribution in [1.29, 1.82) is 5.26 Å². The zero-order valence-electron chi connectivity index (χ0n) is 19.9. The third-order valence-corrected chi connectivity index (χ3v) is 8.22. The highest BCUT2D eigenvalue weighted by Crippen LogP contribution is 2.55. The zero-order valence-corrected chi connectivity index (χ0v) is 19.9. The maximum atomic E-state index is 12.9. The van der Waals surface area contributed by atoms with Crippen molar-refractivity contribution in [1.82, 2.24) is 10.3 Å². The molecule has 0 spiro atoms. The lowest BCUT2D eigenvalue weighted by molar-refractivity contribution is 0.0877. The van der Waals surface area contributed by atoms with Crippen molar-refractivity contribution >= 4 is 22.9 Å². The second-order valence-corrected chi connectivity index (χ2v) is 10.6. The molecule has 5 rings (SSSR count). The lowest BCUT2D eigenvalue weighted by Crippen LogP contribution is -2.48. The molecule has 2 aliphatic rings. The van der Waals surface area contributed by atoms with E-state index in [0.29, 0.717) is 34.8 Å². The number of nitrogens with zero attached hydrogens (tertiary/aromatic N) is 2. The lowest BCUT2D eigenvalue weighted by atomic mass is 9.82. The third kappa shape index (κ3) is 4.12. The average Bonchev–Trinajstić information content (AvgIpc) is 3.43. The summed E-state index contributed by atoms with van der Waals surface area (Å²) in [6.45, 7) is 8.24. The number of fused-ring (bicyclic) bond motifs is 2. The van der Waals surface area contributed by atoms with Gasteiger partial charge in [0, 0.05) is 22.7 Å². The predicted octanol–water partition coefficient (Wildman–Crippen LogP) is 6.48. The molecule has 3 aromatic rings. The third-order valence-electron chi connectivity index (χ3n) is 8.22. The van der Waals surface area contributed by atoms with Crippen LogP contribution >= 0.6 is 0 Å². The van der Waals surface area contributed by atoms with E-state index in [1.165, 1.54) is 23.8 Å². The molecule has 4 heteroatoms. The van der Waals surface area contributed by atoms with Crippen LogP contribution in [-0.2, 0) is 0 Å². The number of nitriles is 1. The SMILES string of the molecule is C=Cc1ccc2nccc(C3CC4CC(C(C)(C)NC(=O)c5ccc(C#N)cc5)CC4C3)c2c1. The minimum Gasteiger partial charge on any atom is -0.347 e. The summed E-state index contributed by atoms with van der Waals surface area (Å²) in [5, 5.41) is 13.5. The Kier molecular flexibility index (Phi) is 5.73. The smallest absolute Gasteiger partial charge is 0.251 e. The van der Waals surface area contributed by atoms with Gasteiger partial charge in [-0.1, -0.05) is 18.7 Å². The Morgan fingerprint density at radius 3 is 2.44 bits per heavy atom. The molecule has 0 bridgehead atoms. The van der Waals surface area contributed by atoms with Crippen LogP contribution in [0.2, 0.25) is 0 Å². The number of hydrogen-bond donors (Lipinski definition) is 1. The van der Waals surface area contributed by atoms with E-state index in [1.54, 1.807) is 24.3 Å². The van der Waals surface area contributed by atoms with Crippen LogP contribution in [-0.4, -0.2) is 16.4 Å². The zero-order chi connectivity index (χ0) is 23.9. The molecule has 4 nitrogen and oxygen atoms in total. The van der Waals surface area contributed by atoms with Gasteiger partial charge in [0.15, 0.2) is 0 Å². The van der Waals surface area contributed by atoms with Crippen molar-refractivity contribution in [3.8, 4) is 6.07 Å². The first-order valence-corrected chi connectivity index (χ1v) is 12.2. The van der Waals surface area contributed by atoms with Gasteiger partial charge in [-0.3, -0.25) is 9.78 Å². The number of benzene rings is 2. The van der Waals surface area contributed by atoms with Crippen LogP contribution in [0.4, 0.5) is 0 Å². The number of amides is 1. The van der Waals surface area contributed by atoms with E-state index in [0.717, 1.165) is 23.9 Å². The van der Waals surface area contributed by atoms with Crippen molar-refractivity contribution < 1.29 is 4.79 Å². The molecule has 2 fully saturated rings. The van der Waals surface area contributed by atoms with Gasteiger partial charge in [-0.25, -0.2) is 0 Å². The molecule has 2 atom stereocenters. The van der Waals surface area contributed by atoms with Gasteiger partial charge in [0.2, 0.25) is 0 Å². The van der Waals surface area contributed by atoms with Crippen LogP contribution in [0.3, 0.4) is 0 Å². The van der Waals surface area contributed by atoms with Crippen molar-refractivity contribution in [2.45, 2.75) is 51.0 Å². The van der Waals surface area contributed by atoms with Crippen molar-refractivity contribution in [3.05, 3.63) is 83.6 Å². The van der Waals surface area contributed by atoms with Gasteiger partial charge < -0.3 is 5.32 Å². The number of nitrogens with one attached hydrogen (secondary N) is 1. The van der Waals surface area contributed by atoms with Gasteiger partial charge in [0.25, 0.3) is 5.91 Å². The molecule has 172 valence electrons. The minimum absolute atomic E-state index is 0.0642. The van der Waals surface area contributed by atoms with E-state index in [-0.39, 0.29) is 11.4 Å². The number of carbonyl (C=O) groups is 1. The van der Waals surface area contributed by atoms with Gasteiger partial charge in [0.1, 0.15) is 0 Å². The summed E-state index contributed by atoms with van der Waals surface area (Å²) in [5.74, 6) is 2.37. The summed E-state index contributed by atoms with van der Waals surface area (Å²) < 4.78 is 0. The van der Waals surface area contributed by atoms with Crippen LogP contribution < -0.4 is 5.32 Å². The van der Waals surface area contributed by atoms with Crippen molar-refractivity contribution in [2.24, 2.45) is 17.8 Å². The molecular formula is C30H31N3O. The molecule has 1 amide bonds. The minimum atomic E-state index is -0.271. The van der Waals surface area contributed by atoms with E-state index in [1.807, 2.05) is 12.3 Å². The van der Waals surface area contributed by atoms with Gasteiger partial charge in [-0.2, -0.15) is 5.26 Å². The highest BCUT2D eigenvalue weighted by Gasteiger charge is 2.47. The lowest BCUT2D eigenvalue weighted by Gasteiger charge is -2.34. The molecule has 1 heterocycles. The Morgan fingerprint density at radius 1 is 1.09 bits per heavy atom. The van der Waals surface area contributed by atoms with E-state index in [9.17, 15) is 4.79 Å². The summed E-state index contributed by atoms with van der Waals surface area (Å²) in [5.41, 5.74) is 4.52. The van der Waals surface area contributed by atoms with Gasteiger partial charge in [-0.05, 0) is 117 Å². The maximum absolute atomic E-state index is 12.9. The Morgan fingerprint density at radius 2 is 1.79 bits per heavy atom.